The third-order valence-corrected chi connectivity index (χ3v) is 4.40. The van der Waals surface area contributed by atoms with Crippen LogP contribution < -0.4 is 10.6 Å². The number of nitrogens with one attached hydrogen (secondary N) is 2. The van der Waals surface area contributed by atoms with Crippen molar-refractivity contribution in [1.29, 1.82) is 0 Å². The number of hydrogen-bond donors (Lipinski definition) is 3. The fourth-order valence-corrected chi connectivity index (χ4v) is 2.92. The number of carbonyl (C=O) groups excluding carboxylic acids is 1. The third-order valence-electron chi connectivity index (χ3n) is 4.40. The average Bonchev–Trinajstić information content (AvgIpc) is 2.62. The summed E-state index contributed by atoms with van der Waals surface area (Å²) in [6.07, 6.45) is -0.754. The van der Waals surface area contributed by atoms with Gasteiger partial charge in [-0.1, -0.05) is 54.6 Å². The Balaban J connectivity index is 1.98. The minimum atomic E-state index is -0.753. The van der Waals surface area contributed by atoms with Crippen molar-refractivity contribution in [2.75, 3.05) is 6.54 Å². The zero-order valence-corrected chi connectivity index (χ0v) is 17.2. The molecule has 0 fully saturated rings. The molecule has 0 radical (unpaired) electrons. The molecule has 2 atom stereocenters. The van der Waals surface area contributed by atoms with Crippen LogP contribution in [-0.2, 0) is 17.7 Å². The highest BCUT2D eigenvalue weighted by atomic mass is 16.6. The van der Waals surface area contributed by atoms with E-state index in [4.69, 9.17) is 4.74 Å². The van der Waals surface area contributed by atoms with Crippen molar-refractivity contribution >= 4 is 6.09 Å². The second-order valence-electron chi connectivity index (χ2n) is 8.07. The molecule has 0 bridgehead atoms. The van der Waals surface area contributed by atoms with E-state index in [-0.39, 0.29) is 0 Å². The highest BCUT2D eigenvalue weighted by Crippen LogP contribution is 2.11. The van der Waals surface area contributed by atoms with Crippen LogP contribution in [0.3, 0.4) is 0 Å². The number of rotatable bonds is 8. The van der Waals surface area contributed by atoms with Crippen molar-refractivity contribution in [2.24, 2.45) is 0 Å². The van der Waals surface area contributed by atoms with Gasteiger partial charge in [0.1, 0.15) is 5.60 Å². The molecule has 5 heteroatoms. The molecule has 0 unspecified atom stereocenters. The number of amides is 1. The van der Waals surface area contributed by atoms with Gasteiger partial charge in [0, 0.05) is 13.1 Å². The smallest absolute Gasteiger partial charge is 0.407 e. The summed E-state index contributed by atoms with van der Waals surface area (Å²) in [7, 11) is 0. The average molecular weight is 385 g/mol. The van der Waals surface area contributed by atoms with Crippen LogP contribution in [0.4, 0.5) is 4.79 Å². The lowest BCUT2D eigenvalue weighted by atomic mass is 10.0. The lowest BCUT2D eigenvalue weighted by Crippen LogP contribution is -2.49. The summed E-state index contributed by atoms with van der Waals surface area (Å²) in [6, 6.07) is 17.5. The minimum absolute atomic E-state index is 0.363. The van der Waals surface area contributed by atoms with E-state index < -0.39 is 23.8 Å². The fraction of sp³-hybridized carbons (Fsp3) is 0.435. The van der Waals surface area contributed by atoms with E-state index in [0.717, 1.165) is 5.56 Å². The zero-order valence-electron chi connectivity index (χ0n) is 17.2. The number of carbonyl (C=O) groups is 1. The first-order valence-electron chi connectivity index (χ1n) is 9.71. The standard InChI is InChI=1S/C23H32N2O3/c1-17-10-8-9-13-19(17)15-24-16-21(26)20(14-18-11-6-5-7-12-18)25-22(27)28-23(2,3)4/h5-13,20-21,24,26H,14-16H2,1-4H3,(H,25,27)/t20-,21+/m0/s1. The van der Waals surface area contributed by atoms with Crippen molar-refractivity contribution in [3.05, 3.63) is 71.3 Å². The summed E-state index contributed by atoms with van der Waals surface area (Å²) in [5, 5.41) is 16.9. The van der Waals surface area contributed by atoms with Gasteiger partial charge in [0.25, 0.3) is 0 Å². The molecular weight excluding hydrogens is 352 g/mol. The fourth-order valence-electron chi connectivity index (χ4n) is 2.92. The molecule has 5 nitrogen and oxygen atoms in total. The van der Waals surface area contributed by atoms with Crippen LogP contribution in [0.5, 0.6) is 0 Å². The number of aliphatic hydroxyl groups is 1. The van der Waals surface area contributed by atoms with Gasteiger partial charge in [0.15, 0.2) is 0 Å². The van der Waals surface area contributed by atoms with Gasteiger partial charge in [-0.15, -0.1) is 0 Å². The second-order valence-corrected chi connectivity index (χ2v) is 8.07. The summed E-state index contributed by atoms with van der Waals surface area (Å²) < 4.78 is 5.36. The Morgan fingerprint density at radius 2 is 1.71 bits per heavy atom. The van der Waals surface area contributed by atoms with Gasteiger partial charge in [-0.25, -0.2) is 4.79 Å². The van der Waals surface area contributed by atoms with Crippen LogP contribution in [0, 0.1) is 6.92 Å². The van der Waals surface area contributed by atoms with E-state index >= 15 is 0 Å². The SMILES string of the molecule is Cc1ccccc1CNC[C@@H](O)[C@H](Cc1ccccc1)NC(=O)OC(C)(C)C. The molecule has 152 valence electrons. The van der Waals surface area contributed by atoms with Crippen LogP contribution in [0.2, 0.25) is 0 Å². The molecule has 0 heterocycles. The first-order chi connectivity index (χ1) is 13.2. The first kappa shape index (κ1) is 21.9. The number of ether oxygens (including phenoxy) is 1. The highest BCUT2D eigenvalue weighted by Gasteiger charge is 2.24. The summed E-state index contributed by atoms with van der Waals surface area (Å²) in [6.45, 7) is 8.54. The normalized spacial score (nSPS) is 13.6. The van der Waals surface area contributed by atoms with E-state index in [0.29, 0.717) is 19.5 Å². The Morgan fingerprint density at radius 3 is 2.36 bits per heavy atom. The maximum atomic E-state index is 12.2. The van der Waals surface area contributed by atoms with Gasteiger partial charge in [-0.3, -0.25) is 0 Å². The molecule has 3 N–H and O–H groups in total. The highest BCUT2D eigenvalue weighted by molar-refractivity contribution is 5.68. The molecule has 0 aliphatic heterocycles. The lowest BCUT2D eigenvalue weighted by Gasteiger charge is -2.27. The predicted molar refractivity (Wildman–Crippen MR) is 112 cm³/mol. The molecule has 2 aromatic rings. The van der Waals surface area contributed by atoms with Crippen LogP contribution in [0.25, 0.3) is 0 Å². The van der Waals surface area contributed by atoms with E-state index in [1.165, 1.54) is 11.1 Å². The quantitative estimate of drug-likeness (QED) is 0.651. The topological polar surface area (TPSA) is 70.6 Å². The van der Waals surface area contributed by atoms with Gasteiger partial charge < -0.3 is 20.5 Å². The molecule has 0 spiro atoms. The van der Waals surface area contributed by atoms with Crippen LogP contribution in [-0.4, -0.2) is 35.5 Å². The van der Waals surface area contributed by atoms with Crippen molar-refractivity contribution < 1.29 is 14.6 Å². The Labute approximate surface area is 168 Å². The summed E-state index contributed by atoms with van der Waals surface area (Å²) in [5.74, 6) is 0. The number of aliphatic hydroxyl groups excluding tert-OH is 1. The number of alkyl carbamates (subject to hydrolysis) is 1. The van der Waals surface area contributed by atoms with Crippen molar-refractivity contribution in [2.45, 2.75) is 58.4 Å². The van der Waals surface area contributed by atoms with Crippen LogP contribution in [0.15, 0.2) is 54.6 Å². The van der Waals surface area contributed by atoms with Crippen molar-refractivity contribution in [3.63, 3.8) is 0 Å². The summed E-state index contributed by atoms with van der Waals surface area (Å²) >= 11 is 0. The molecule has 0 saturated carbocycles. The molecule has 0 aliphatic carbocycles. The Bertz CT molecular complexity index is 741. The summed E-state index contributed by atoms with van der Waals surface area (Å²) in [4.78, 5) is 12.2. The van der Waals surface area contributed by atoms with Crippen molar-refractivity contribution in [1.82, 2.24) is 10.6 Å². The molecule has 0 aliphatic rings. The molecule has 1 amide bonds. The first-order valence-corrected chi connectivity index (χ1v) is 9.71. The second kappa shape index (κ2) is 10.2. The Kier molecular flexibility index (Phi) is 8.03. The number of hydrogen-bond acceptors (Lipinski definition) is 4. The number of aryl methyl sites for hydroxylation is 1. The lowest BCUT2D eigenvalue weighted by molar-refractivity contribution is 0.0422. The molecule has 0 aromatic heterocycles. The van der Waals surface area contributed by atoms with E-state index in [2.05, 4.69) is 29.7 Å². The molecular formula is C23H32N2O3. The molecule has 2 aromatic carbocycles. The van der Waals surface area contributed by atoms with Gasteiger partial charge >= 0.3 is 6.09 Å². The van der Waals surface area contributed by atoms with Crippen molar-refractivity contribution in [3.8, 4) is 0 Å². The largest absolute Gasteiger partial charge is 0.444 e. The maximum absolute atomic E-state index is 12.2. The predicted octanol–water partition coefficient (Wildman–Crippen LogP) is 3.58. The maximum Gasteiger partial charge on any atom is 0.407 e. The molecule has 2 rings (SSSR count). The van der Waals surface area contributed by atoms with E-state index in [9.17, 15) is 9.90 Å². The summed E-state index contributed by atoms with van der Waals surface area (Å²) in [5.41, 5.74) is 2.85. The van der Waals surface area contributed by atoms with Gasteiger partial charge in [0.2, 0.25) is 0 Å². The minimum Gasteiger partial charge on any atom is -0.444 e. The van der Waals surface area contributed by atoms with E-state index in [1.54, 1.807) is 0 Å². The van der Waals surface area contributed by atoms with Crippen LogP contribution >= 0.6 is 0 Å². The van der Waals surface area contributed by atoms with Gasteiger partial charge in [-0.2, -0.15) is 0 Å². The monoisotopic (exact) mass is 384 g/mol. The van der Waals surface area contributed by atoms with Gasteiger partial charge in [-0.05, 0) is 50.8 Å². The van der Waals surface area contributed by atoms with Gasteiger partial charge in [0.05, 0.1) is 12.1 Å². The molecule has 0 saturated heterocycles. The molecule has 28 heavy (non-hydrogen) atoms. The Morgan fingerprint density at radius 1 is 1.07 bits per heavy atom. The third kappa shape index (κ3) is 7.71. The van der Waals surface area contributed by atoms with E-state index in [1.807, 2.05) is 63.2 Å². The Hall–Kier alpha value is -2.37. The number of benzene rings is 2. The zero-order chi connectivity index (χ0) is 20.6. The van der Waals surface area contributed by atoms with Crippen LogP contribution in [0.1, 0.15) is 37.5 Å².